The van der Waals surface area contributed by atoms with Gasteiger partial charge in [0.1, 0.15) is 9.63 Å². The molecule has 1 heterocycles. The lowest BCUT2D eigenvalue weighted by Gasteiger charge is -2.05. The minimum Gasteiger partial charge on any atom is -0.395 e. The van der Waals surface area contributed by atoms with Crippen LogP contribution in [0.1, 0.15) is 5.56 Å². The molecule has 1 aromatic rings. The van der Waals surface area contributed by atoms with E-state index >= 15 is 0 Å². The van der Waals surface area contributed by atoms with E-state index in [0.717, 1.165) is 5.56 Å². The molecule has 70 valence electrons. The maximum atomic E-state index is 8.58. The molecule has 13 heavy (non-hydrogen) atoms. The molecule has 3 nitrogen and oxygen atoms in total. The standard InChI is InChI=1S/C8H10N2OS2/c11-5-4-10-8(13)6-2-1-3-9-7(6)12/h1-3,11H,4-5H2,(H,9,12)(H,10,13). The van der Waals surface area contributed by atoms with E-state index in [1.807, 2.05) is 12.1 Å². The fourth-order valence-corrected chi connectivity index (χ4v) is 1.44. The first-order valence-electron chi connectivity index (χ1n) is 3.82. The van der Waals surface area contributed by atoms with Gasteiger partial charge in [-0.25, -0.2) is 0 Å². The fraction of sp³-hybridized carbons (Fsp3) is 0.250. The molecular formula is C8H10N2OS2. The van der Waals surface area contributed by atoms with Gasteiger partial charge in [-0.15, -0.1) is 0 Å². The van der Waals surface area contributed by atoms with E-state index in [-0.39, 0.29) is 6.61 Å². The van der Waals surface area contributed by atoms with Gasteiger partial charge in [-0.3, -0.25) is 0 Å². The van der Waals surface area contributed by atoms with Crippen LogP contribution in [-0.4, -0.2) is 28.2 Å². The second-order valence-corrected chi connectivity index (χ2v) is 3.21. The van der Waals surface area contributed by atoms with Crippen LogP contribution in [-0.2, 0) is 0 Å². The van der Waals surface area contributed by atoms with Crippen molar-refractivity contribution in [1.82, 2.24) is 10.3 Å². The maximum Gasteiger partial charge on any atom is 0.113 e. The van der Waals surface area contributed by atoms with Gasteiger partial charge < -0.3 is 15.4 Å². The summed E-state index contributed by atoms with van der Waals surface area (Å²) >= 11 is 10.1. The van der Waals surface area contributed by atoms with Crippen LogP contribution < -0.4 is 5.32 Å². The van der Waals surface area contributed by atoms with E-state index < -0.39 is 0 Å². The molecule has 0 amide bonds. The highest BCUT2D eigenvalue weighted by Crippen LogP contribution is 1.99. The van der Waals surface area contributed by atoms with Gasteiger partial charge in [-0.1, -0.05) is 24.4 Å². The maximum absolute atomic E-state index is 8.58. The highest BCUT2D eigenvalue weighted by atomic mass is 32.1. The summed E-state index contributed by atoms with van der Waals surface area (Å²) in [6.07, 6.45) is 1.75. The Labute approximate surface area is 86.8 Å². The summed E-state index contributed by atoms with van der Waals surface area (Å²) in [6, 6.07) is 3.67. The summed E-state index contributed by atoms with van der Waals surface area (Å²) in [7, 11) is 0. The highest BCUT2D eigenvalue weighted by molar-refractivity contribution is 7.80. The van der Waals surface area contributed by atoms with E-state index in [1.165, 1.54) is 0 Å². The second-order valence-electron chi connectivity index (χ2n) is 2.39. The van der Waals surface area contributed by atoms with Crippen molar-refractivity contribution in [2.24, 2.45) is 0 Å². The number of aliphatic hydroxyl groups is 1. The smallest absolute Gasteiger partial charge is 0.113 e. The first-order valence-corrected chi connectivity index (χ1v) is 4.64. The Morgan fingerprint density at radius 2 is 2.38 bits per heavy atom. The molecule has 0 bridgehead atoms. The molecule has 0 saturated heterocycles. The summed E-state index contributed by atoms with van der Waals surface area (Å²) in [5, 5.41) is 11.5. The predicted molar refractivity (Wildman–Crippen MR) is 58.4 cm³/mol. The number of pyridine rings is 1. The van der Waals surface area contributed by atoms with E-state index in [2.05, 4.69) is 10.3 Å². The Hall–Kier alpha value is -0.780. The third-order valence-electron chi connectivity index (χ3n) is 1.46. The number of rotatable bonds is 3. The molecule has 0 aliphatic rings. The fourth-order valence-electron chi connectivity index (χ4n) is 0.865. The lowest BCUT2D eigenvalue weighted by molar-refractivity contribution is 0.301. The molecule has 5 heteroatoms. The minimum absolute atomic E-state index is 0.0590. The van der Waals surface area contributed by atoms with Crippen LogP contribution in [0.5, 0.6) is 0 Å². The summed E-state index contributed by atoms with van der Waals surface area (Å²) in [5.41, 5.74) is 0.793. The Kier molecular flexibility index (Phi) is 4.01. The number of hydrogen-bond donors (Lipinski definition) is 3. The van der Waals surface area contributed by atoms with Crippen LogP contribution in [0.25, 0.3) is 0 Å². The quantitative estimate of drug-likeness (QED) is 0.657. The zero-order valence-electron chi connectivity index (χ0n) is 6.91. The van der Waals surface area contributed by atoms with E-state index in [0.29, 0.717) is 16.2 Å². The molecule has 0 radical (unpaired) electrons. The van der Waals surface area contributed by atoms with Crippen molar-refractivity contribution in [1.29, 1.82) is 0 Å². The molecule has 0 unspecified atom stereocenters. The highest BCUT2D eigenvalue weighted by Gasteiger charge is 2.00. The third-order valence-corrected chi connectivity index (χ3v) is 2.16. The van der Waals surface area contributed by atoms with E-state index in [4.69, 9.17) is 29.5 Å². The van der Waals surface area contributed by atoms with Gasteiger partial charge in [-0.2, -0.15) is 0 Å². The number of aliphatic hydroxyl groups excluding tert-OH is 1. The molecule has 0 atom stereocenters. The van der Waals surface area contributed by atoms with Crippen molar-refractivity contribution in [2.45, 2.75) is 0 Å². The van der Waals surface area contributed by atoms with Crippen LogP contribution in [0.4, 0.5) is 0 Å². The van der Waals surface area contributed by atoms with E-state index in [1.54, 1.807) is 6.20 Å². The lowest BCUT2D eigenvalue weighted by atomic mass is 10.3. The molecule has 0 spiro atoms. The molecule has 3 N–H and O–H groups in total. The van der Waals surface area contributed by atoms with Gasteiger partial charge in [-0.05, 0) is 12.1 Å². The Balaban J connectivity index is 2.77. The average Bonchev–Trinajstić information content (AvgIpc) is 2.15. The van der Waals surface area contributed by atoms with Crippen LogP contribution in [0.15, 0.2) is 18.3 Å². The first kappa shape index (κ1) is 10.3. The van der Waals surface area contributed by atoms with Crippen LogP contribution >= 0.6 is 24.4 Å². The number of hydrogen-bond acceptors (Lipinski definition) is 3. The Morgan fingerprint density at radius 1 is 1.62 bits per heavy atom. The van der Waals surface area contributed by atoms with Gasteiger partial charge in [0, 0.05) is 18.3 Å². The second kappa shape index (κ2) is 5.06. The molecular weight excluding hydrogens is 204 g/mol. The number of nitrogens with one attached hydrogen (secondary N) is 2. The number of H-pyrrole nitrogens is 1. The van der Waals surface area contributed by atoms with Gasteiger partial charge >= 0.3 is 0 Å². The number of aromatic amines is 1. The average molecular weight is 214 g/mol. The molecule has 0 aliphatic carbocycles. The number of aromatic nitrogens is 1. The molecule has 0 aromatic carbocycles. The normalized spacial score (nSPS) is 9.62. The van der Waals surface area contributed by atoms with Crippen LogP contribution in [0.2, 0.25) is 0 Å². The monoisotopic (exact) mass is 214 g/mol. The largest absolute Gasteiger partial charge is 0.395 e. The summed E-state index contributed by atoms with van der Waals surface area (Å²) in [6.45, 7) is 0.506. The van der Waals surface area contributed by atoms with Crippen molar-refractivity contribution in [3.05, 3.63) is 28.5 Å². The zero-order valence-corrected chi connectivity index (χ0v) is 8.54. The van der Waals surface area contributed by atoms with Crippen LogP contribution in [0, 0.1) is 4.64 Å². The topological polar surface area (TPSA) is 48.0 Å². The van der Waals surface area contributed by atoms with Crippen molar-refractivity contribution in [3.63, 3.8) is 0 Å². The SMILES string of the molecule is OCCNC(=S)c1ccc[nH]c1=S. The molecule has 0 fully saturated rings. The van der Waals surface area contributed by atoms with Gasteiger partial charge in [0.05, 0.1) is 6.61 Å². The summed E-state index contributed by atoms with van der Waals surface area (Å²) in [5.74, 6) is 0. The predicted octanol–water partition coefficient (Wildman–Crippen LogP) is 1.00. The van der Waals surface area contributed by atoms with Crippen molar-refractivity contribution >= 4 is 29.4 Å². The molecule has 1 rings (SSSR count). The molecule has 0 aliphatic heterocycles. The number of thiocarbonyl (C=S) groups is 1. The summed E-state index contributed by atoms with van der Waals surface area (Å²) in [4.78, 5) is 3.45. The van der Waals surface area contributed by atoms with Crippen molar-refractivity contribution < 1.29 is 5.11 Å². The zero-order chi connectivity index (χ0) is 9.68. The lowest BCUT2D eigenvalue weighted by Crippen LogP contribution is -2.25. The summed E-state index contributed by atoms with van der Waals surface area (Å²) < 4.78 is 0.609. The Bertz CT molecular complexity index is 348. The van der Waals surface area contributed by atoms with Gasteiger partial charge in [0.2, 0.25) is 0 Å². The van der Waals surface area contributed by atoms with Crippen molar-refractivity contribution in [3.8, 4) is 0 Å². The first-order chi connectivity index (χ1) is 6.25. The molecule has 0 saturated carbocycles. The van der Waals surface area contributed by atoms with Gasteiger partial charge in [0.15, 0.2) is 0 Å². The minimum atomic E-state index is 0.0590. The van der Waals surface area contributed by atoms with Crippen LogP contribution in [0.3, 0.4) is 0 Å². The van der Waals surface area contributed by atoms with E-state index in [9.17, 15) is 0 Å². The Morgan fingerprint density at radius 3 is 3.00 bits per heavy atom. The van der Waals surface area contributed by atoms with Gasteiger partial charge in [0.25, 0.3) is 0 Å². The van der Waals surface area contributed by atoms with Crippen molar-refractivity contribution in [2.75, 3.05) is 13.2 Å². The molecule has 1 aromatic heterocycles. The third kappa shape index (κ3) is 2.87.